The molecule has 7 heteroatoms. The minimum absolute atomic E-state index is 0.0360. The number of carbonyl (C=O) groups excluding carboxylic acids is 3. The van der Waals surface area contributed by atoms with E-state index in [1.54, 1.807) is 0 Å². The maximum Gasteiger partial charge on any atom is 0.339 e. The Morgan fingerprint density at radius 1 is 0.525 bits per heavy atom. The average molecular weight is 547 g/mol. The molecule has 212 valence electrons. The van der Waals surface area contributed by atoms with Gasteiger partial charge in [-0.3, -0.25) is 9.59 Å². The fourth-order valence-electron chi connectivity index (χ4n) is 4.22. The molecule has 3 aromatic carbocycles. The number of carbonyl (C=O) groups is 3. The second-order valence-electron chi connectivity index (χ2n) is 9.73. The van der Waals surface area contributed by atoms with Crippen LogP contribution in [-0.2, 0) is 47.9 Å². The Kier molecular flexibility index (Phi) is 12.9. The van der Waals surface area contributed by atoms with Gasteiger partial charge in [0.15, 0.2) is 5.60 Å². The van der Waals surface area contributed by atoms with Gasteiger partial charge in [0, 0.05) is 0 Å². The quantitative estimate of drug-likeness (QED) is 0.144. The first-order valence-electron chi connectivity index (χ1n) is 13.8. The zero-order chi connectivity index (χ0) is 28.5. The van der Waals surface area contributed by atoms with Crippen LogP contribution in [0, 0.1) is 0 Å². The van der Waals surface area contributed by atoms with Crippen LogP contribution in [0.25, 0.3) is 0 Å². The third-order valence-corrected chi connectivity index (χ3v) is 6.37. The largest absolute Gasteiger partial charge is 0.466 e. The van der Waals surface area contributed by atoms with E-state index < -0.39 is 36.4 Å². The summed E-state index contributed by atoms with van der Waals surface area (Å²) < 4.78 is 15.8. The summed E-state index contributed by atoms with van der Waals surface area (Å²) in [6, 6.07) is 29.3. The van der Waals surface area contributed by atoms with Crippen molar-refractivity contribution in [2.45, 2.75) is 57.0 Å². The summed E-state index contributed by atoms with van der Waals surface area (Å²) in [7, 11) is 0. The van der Waals surface area contributed by atoms with Gasteiger partial charge >= 0.3 is 17.9 Å². The van der Waals surface area contributed by atoms with E-state index in [2.05, 4.69) is 0 Å². The Morgan fingerprint density at radius 2 is 0.850 bits per heavy atom. The van der Waals surface area contributed by atoms with Crippen LogP contribution in [0.1, 0.15) is 48.8 Å². The van der Waals surface area contributed by atoms with Gasteiger partial charge in [0.25, 0.3) is 0 Å². The lowest BCUT2D eigenvalue weighted by molar-refractivity contribution is -0.178. The lowest BCUT2D eigenvalue weighted by Crippen LogP contribution is -2.45. The minimum atomic E-state index is -2.38. The van der Waals surface area contributed by atoms with E-state index >= 15 is 0 Å². The molecule has 0 unspecified atom stereocenters. The normalized spacial score (nSPS) is 11.0. The van der Waals surface area contributed by atoms with Crippen LogP contribution in [0.15, 0.2) is 91.0 Å². The molecule has 0 aliphatic heterocycles. The predicted molar refractivity (Wildman–Crippen MR) is 151 cm³/mol. The fraction of sp³-hybridized carbons (Fsp3) is 0.364. The highest BCUT2D eigenvalue weighted by Crippen LogP contribution is 2.21. The molecule has 3 aromatic rings. The number of aliphatic hydroxyl groups is 1. The van der Waals surface area contributed by atoms with Crippen LogP contribution in [-0.4, -0.2) is 48.4 Å². The van der Waals surface area contributed by atoms with Gasteiger partial charge in [-0.2, -0.15) is 0 Å². The van der Waals surface area contributed by atoms with Gasteiger partial charge in [-0.15, -0.1) is 0 Å². The lowest BCUT2D eigenvalue weighted by Gasteiger charge is -2.24. The van der Waals surface area contributed by atoms with Crippen molar-refractivity contribution in [2.24, 2.45) is 0 Å². The molecule has 3 rings (SSSR count). The standard InChI is InChI=1S/C33H38O7/c34-30(38-22-10-19-27-13-4-1-5-14-27)25-33(37,32(36)40-24-12-21-29-17-8-3-9-18-29)26-31(35)39-23-11-20-28-15-6-2-7-16-28/h1-9,13-18,37H,10-12,19-26H2. The smallest absolute Gasteiger partial charge is 0.339 e. The summed E-state index contributed by atoms with van der Waals surface area (Å²) in [6.07, 6.45) is 2.42. The molecular weight excluding hydrogens is 508 g/mol. The van der Waals surface area contributed by atoms with Crippen molar-refractivity contribution in [3.63, 3.8) is 0 Å². The zero-order valence-corrected chi connectivity index (χ0v) is 22.8. The maximum absolute atomic E-state index is 12.9. The molecule has 0 bridgehead atoms. The zero-order valence-electron chi connectivity index (χ0n) is 22.8. The SMILES string of the molecule is O=C(CC(O)(CC(=O)OCCCc1ccccc1)C(=O)OCCCc1ccccc1)OCCCc1ccccc1. The van der Waals surface area contributed by atoms with Crippen molar-refractivity contribution >= 4 is 17.9 Å². The first-order chi connectivity index (χ1) is 19.4. The number of hydrogen-bond acceptors (Lipinski definition) is 7. The third kappa shape index (κ3) is 11.4. The van der Waals surface area contributed by atoms with Crippen LogP contribution in [0.5, 0.6) is 0 Å². The summed E-state index contributed by atoms with van der Waals surface area (Å²) >= 11 is 0. The lowest BCUT2D eigenvalue weighted by atomic mass is 9.95. The van der Waals surface area contributed by atoms with E-state index in [1.807, 2.05) is 91.0 Å². The molecule has 1 N–H and O–H groups in total. The number of aryl methyl sites for hydroxylation is 3. The van der Waals surface area contributed by atoms with E-state index in [4.69, 9.17) is 14.2 Å². The number of rotatable bonds is 17. The van der Waals surface area contributed by atoms with Crippen molar-refractivity contribution in [3.05, 3.63) is 108 Å². The molecule has 0 radical (unpaired) electrons. The molecule has 40 heavy (non-hydrogen) atoms. The Hall–Kier alpha value is -3.97. The topological polar surface area (TPSA) is 99.1 Å². The van der Waals surface area contributed by atoms with Gasteiger partial charge in [-0.1, -0.05) is 91.0 Å². The number of hydrogen-bond donors (Lipinski definition) is 1. The Morgan fingerprint density at radius 3 is 1.20 bits per heavy atom. The molecule has 0 spiro atoms. The highest BCUT2D eigenvalue weighted by Gasteiger charge is 2.43. The Balaban J connectivity index is 1.48. The summed E-state index contributed by atoms with van der Waals surface area (Å²) in [5.41, 5.74) is 0.944. The molecule has 0 aliphatic rings. The van der Waals surface area contributed by atoms with Crippen molar-refractivity contribution in [1.82, 2.24) is 0 Å². The molecule has 0 aliphatic carbocycles. The fourth-order valence-corrected chi connectivity index (χ4v) is 4.22. The van der Waals surface area contributed by atoms with Crippen LogP contribution in [0.3, 0.4) is 0 Å². The van der Waals surface area contributed by atoms with E-state index in [0.29, 0.717) is 25.7 Å². The van der Waals surface area contributed by atoms with Gasteiger partial charge in [-0.25, -0.2) is 4.79 Å². The highest BCUT2D eigenvalue weighted by molar-refractivity contribution is 5.90. The van der Waals surface area contributed by atoms with Gasteiger partial charge in [-0.05, 0) is 55.2 Å². The Bertz CT molecular complexity index is 1100. The number of benzene rings is 3. The molecule has 0 saturated carbocycles. The van der Waals surface area contributed by atoms with Crippen molar-refractivity contribution in [3.8, 4) is 0 Å². The summed E-state index contributed by atoms with van der Waals surface area (Å²) in [4.78, 5) is 38.0. The van der Waals surface area contributed by atoms with Crippen LogP contribution >= 0.6 is 0 Å². The van der Waals surface area contributed by atoms with Gasteiger partial charge < -0.3 is 19.3 Å². The molecule has 0 aromatic heterocycles. The number of esters is 3. The minimum Gasteiger partial charge on any atom is -0.466 e. The van der Waals surface area contributed by atoms with Gasteiger partial charge in [0.05, 0.1) is 32.7 Å². The van der Waals surface area contributed by atoms with E-state index in [9.17, 15) is 19.5 Å². The first kappa shape index (κ1) is 30.6. The van der Waals surface area contributed by atoms with E-state index in [0.717, 1.165) is 29.5 Å². The Labute approximate surface area is 236 Å². The maximum atomic E-state index is 12.9. The van der Waals surface area contributed by atoms with Crippen molar-refractivity contribution in [1.29, 1.82) is 0 Å². The molecule has 0 saturated heterocycles. The van der Waals surface area contributed by atoms with Crippen LogP contribution in [0.2, 0.25) is 0 Å². The molecule has 0 amide bonds. The number of ether oxygens (including phenoxy) is 3. The summed E-state index contributed by atoms with van der Waals surface area (Å²) in [6.45, 7) is 0.286. The average Bonchev–Trinajstić information content (AvgIpc) is 2.97. The van der Waals surface area contributed by atoms with Crippen LogP contribution in [0.4, 0.5) is 0 Å². The molecular formula is C33H38O7. The molecule has 0 atom stereocenters. The van der Waals surface area contributed by atoms with E-state index in [-0.39, 0.29) is 19.8 Å². The molecule has 0 fully saturated rings. The van der Waals surface area contributed by atoms with Gasteiger partial charge in [0.1, 0.15) is 0 Å². The van der Waals surface area contributed by atoms with Gasteiger partial charge in [0.2, 0.25) is 0 Å². The first-order valence-corrected chi connectivity index (χ1v) is 13.8. The van der Waals surface area contributed by atoms with E-state index in [1.165, 1.54) is 0 Å². The molecule has 7 nitrogen and oxygen atoms in total. The van der Waals surface area contributed by atoms with Crippen molar-refractivity contribution in [2.75, 3.05) is 19.8 Å². The second-order valence-corrected chi connectivity index (χ2v) is 9.73. The van der Waals surface area contributed by atoms with Crippen LogP contribution < -0.4 is 0 Å². The predicted octanol–water partition coefficient (Wildman–Crippen LogP) is 5.03. The highest BCUT2D eigenvalue weighted by atomic mass is 16.6. The summed E-state index contributed by atoms with van der Waals surface area (Å²) in [5.74, 6) is -2.61. The summed E-state index contributed by atoms with van der Waals surface area (Å²) in [5, 5.41) is 11.1. The molecule has 0 heterocycles. The van der Waals surface area contributed by atoms with Crippen molar-refractivity contribution < 1.29 is 33.7 Å². The second kappa shape index (κ2) is 16.9. The third-order valence-electron chi connectivity index (χ3n) is 6.37. The monoisotopic (exact) mass is 546 g/mol.